The number of halogens is 1. The number of thiophene rings is 1. The first-order valence-corrected chi connectivity index (χ1v) is 12.7. The predicted octanol–water partition coefficient (Wildman–Crippen LogP) is 3.47. The van der Waals surface area contributed by atoms with Gasteiger partial charge in [-0.25, -0.2) is 12.8 Å². The molecule has 0 atom stereocenters. The number of morpholine rings is 1. The Bertz CT molecular complexity index is 1180. The molecule has 1 fully saturated rings. The fraction of sp³-hybridized carbons (Fsp3) is 0.409. The van der Waals surface area contributed by atoms with Crippen molar-refractivity contribution in [3.63, 3.8) is 0 Å². The third-order valence-electron chi connectivity index (χ3n) is 5.62. The second-order valence-electron chi connectivity index (χ2n) is 7.92. The van der Waals surface area contributed by atoms with Gasteiger partial charge in [-0.15, -0.1) is 11.3 Å². The average molecular weight is 479 g/mol. The quantitative estimate of drug-likeness (QED) is 0.520. The lowest BCUT2D eigenvalue weighted by Gasteiger charge is -2.26. The van der Waals surface area contributed by atoms with Crippen LogP contribution in [0.4, 0.5) is 10.1 Å². The normalized spacial score (nSPS) is 15.2. The van der Waals surface area contributed by atoms with Gasteiger partial charge in [-0.2, -0.15) is 5.10 Å². The minimum Gasteiger partial charge on any atom is -0.379 e. The lowest BCUT2D eigenvalue weighted by molar-refractivity contribution is 0.0342. The number of benzene rings is 1. The molecule has 1 aliphatic rings. The molecule has 2 aromatic heterocycles. The molecule has 10 heteroatoms. The van der Waals surface area contributed by atoms with E-state index in [0.29, 0.717) is 17.1 Å². The number of hydrogen-bond acceptors (Lipinski definition) is 6. The smallest absolute Gasteiger partial charge is 0.268 e. The average Bonchev–Trinajstić information content (AvgIpc) is 3.30. The monoisotopic (exact) mass is 478 g/mol. The second-order valence-corrected chi connectivity index (χ2v) is 10.7. The Morgan fingerprint density at radius 1 is 1.19 bits per heavy atom. The zero-order chi connectivity index (χ0) is 22.9. The molecule has 3 heterocycles. The van der Waals surface area contributed by atoms with Crippen LogP contribution in [0, 0.1) is 19.7 Å². The first-order chi connectivity index (χ1) is 15.3. The molecule has 0 amide bonds. The highest BCUT2D eigenvalue weighted by Gasteiger charge is 2.31. The van der Waals surface area contributed by atoms with Crippen molar-refractivity contribution in [1.29, 1.82) is 0 Å². The van der Waals surface area contributed by atoms with E-state index in [4.69, 9.17) is 4.74 Å². The molecule has 32 heavy (non-hydrogen) atoms. The van der Waals surface area contributed by atoms with Crippen LogP contribution in [-0.4, -0.2) is 49.4 Å². The SMILES string of the molecule is Cc1nn(C)c(C)c1S(=O)(=O)N(Cc1cc(CN2CCOCC2)cs1)c1ccc(F)cc1. The van der Waals surface area contributed by atoms with E-state index < -0.39 is 15.8 Å². The summed E-state index contributed by atoms with van der Waals surface area (Å²) in [6.45, 7) is 7.64. The topological polar surface area (TPSA) is 67.7 Å². The number of nitrogens with zero attached hydrogens (tertiary/aromatic N) is 4. The maximum atomic E-state index is 13.8. The van der Waals surface area contributed by atoms with Crippen LogP contribution in [0.25, 0.3) is 0 Å². The predicted molar refractivity (Wildman–Crippen MR) is 123 cm³/mol. The molecule has 1 saturated heterocycles. The number of hydrogen-bond donors (Lipinski definition) is 0. The van der Waals surface area contributed by atoms with Crippen LogP contribution in [-0.2, 0) is 34.9 Å². The highest BCUT2D eigenvalue weighted by Crippen LogP contribution is 2.31. The maximum Gasteiger partial charge on any atom is 0.268 e. The Hall–Kier alpha value is -2.27. The van der Waals surface area contributed by atoms with Crippen LogP contribution in [0.2, 0.25) is 0 Å². The van der Waals surface area contributed by atoms with Crippen LogP contribution in [0.15, 0.2) is 40.6 Å². The van der Waals surface area contributed by atoms with Gasteiger partial charge in [0.1, 0.15) is 10.7 Å². The molecule has 4 rings (SSSR count). The number of aromatic nitrogens is 2. The zero-order valence-electron chi connectivity index (χ0n) is 18.4. The van der Waals surface area contributed by atoms with Gasteiger partial charge in [-0.1, -0.05) is 0 Å². The summed E-state index contributed by atoms with van der Waals surface area (Å²) in [6.07, 6.45) is 0. The highest BCUT2D eigenvalue weighted by molar-refractivity contribution is 7.92. The van der Waals surface area contributed by atoms with Gasteiger partial charge in [-0.3, -0.25) is 13.9 Å². The van der Waals surface area contributed by atoms with E-state index >= 15 is 0 Å². The minimum atomic E-state index is -3.92. The van der Waals surface area contributed by atoms with Crippen LogP contribution >= 0.6 is 11.3 Å². The van der Waals surface area contributed by atoms with Crippen LogP contribution in [0.1, 0.15) is 21.8 Å². The van der Waals surface area contributed by atoms with Crippen LogP contribution in [0.5, 0.6) is 0 Å². The first kappa shape index (κ1) is 22.9. The number of rotatable bonds is 7. The second kappa shape index (κ2) is 9.30. The lowest BCUT2D eigenvalue weighted by Crippen LogP contribution is -2.35. The summed E-state index contributed by atoms with van der Waals surface area (Å²) < 4.78 is 49.4. The van der Waals surface area contributed by atoms with E-state index in [0.717, 1.165) is 43.3 Å². The maximum absolute atomic E-state index is 13.8. The van der Waals surface area contributed by atoms with Crippen molar-refractivity contribution in [2.24, 2.45) is 7.05 Å². The summed E-state index contributed by atoms with van der Waals surface area (Å²) in [5.41, 5.74) is 2.57. The fourth-order valence-electron chi connectivity index (χ4n) is 3.91. The Balaban J connectivity index is 1.66. The number of anilines is 1. The van der Waals surface area contributed by atoms with Crippen molar-refractivity contribution in [3.05, 3.63) is 63.4 Å². The highest BCUT2D eigenvalue weighted by atomic mass is 32.2. The number of ether oxygens (including phenoxy) is 1. The van der Waals surface area contributed by atoms with Gasteiger partial charge in [0.15, 0.2) is 0 Å². The molecule has 3 aromatic rings. The van der Waals surface area contributed by atoms with E-state index in [9.17, 15) is 12.8 Å². The molecule has 1 aromatic carbocycles. The van der Waals surface area contributed by atoms with Gasteiger partial charge in [0.05, 0.1) is 36.8 Å². The molecule has 0 saturated carbocycles. The van der Waals surface area contributed by atoms with Gasteiger partial charge < -0.3 is 4.74 Å². The lowest BCUT2D eigenvalue weighted by atomic mass is 10.2. The van der Waals surface area contributed by atoms with Crippen molar-refractivity contribution in [1.82, 2.24) is 14.7 Å². The summed E-state index contributed by atoms with van der Waals surface area (Å²) in [7, 11) is -2.19. The third-order valence-corrected chi connectivity index (χ3v) is 8.62. The molecular formula is C22H27FN4O3S2. The summed E-state index contributed by atoms with van der Waals surface area (Å²) in [4.78, 5) is 3.43. The van der Waals surface area contributed by atoms with E-state index in [1.807, 2.05) is 0 Å². The van der Waals surface area contributed by atoms with Gasteiger partial charge in [0.2, 0.25) is 0 Å². The molecule has 0 spiro atoms. The standard InChI is InChI=1S/C22H27FN4O3S2/c1-16-22(17(2)25(3)24-16)32(28,29)27(20-6-4-19(23)5-7-20)14-21-12-18(15-31-21)13-26-8-10-30-11-9-26/h4-7,12,15H,8-11,13-14H2,1-3H3. The minimum absolute atomic E-state index is 0.162. The molecule has 7 nitrogen and oxygen atoms in total. The third kappa shape index (κ3) is 4.73. The van der Waals surface area contributed by atoms with Gasteiger partial charge >= 0.3 is 0 Å². The Labute approximate surface area is 192 Å². The van der Waals surface area contributed by atoms with Crippen molar-refractivity contribution in [3.8, 4) is 0 Å². The van der Waals surface area contributed by atoms with E-state index in [-0.39, 0.29) is 11.4 Å². The summed E-state index contributed by atoms with van der Waals surface area (Å²) >= 11 is 1.53. The molecular weight excluding hydrogens is 451 g/mol. The Kier molecular flexibility index (Phi) is 6.66. The van der Waals surface area contributed by atoms with Crippen LogP contribution < -0.4 is 4.31 Å². The molecule has 1 aliphatic heterocycles. The Morgan fingerprint density at radius 3 is 2.50 bits per heavy atom. The first-order valence-electron chi connectivity index (χ1n) is 10.4. The molecule has 0 unspecified atom stereocenters. The van der Waals surface area contributed by atoms with Crippen molar-refractivity contribution in [2.45, 2.75) is 31.8 Å². The number of sulfonamides is 1. The molecule has 172 valence electrons. The zero-order valence-corrected chi connectivity index (χ0v) is 20.0. The Morgan fingerprint density at radius 2 is 1.88 bits per heavy atom. The molecule has 0 aliphatic carbocycles. The van der Waals surface area contributed by atoms with E-state index in [1.54, 1.807) is 25.6 Å². The molecule has 0 N–H and O–H groups in total. The summed E-state index contributed by atoms with van der Waals surface area (Å²) in [5, 5.41) is 6.35. The fourth-order valence-corrected chi connectivity index (χ4v) is 6.71. The van der Waals surface area contributed by atoms with Crippen LogP contribution in [0.3, 0.4) is 0 Å². The van der Waals surface area contributed by atoms with E-state index in [2.05, 4.69) is 21.4 Å². The van der Waals surface area contributed by atoms with Crippen molar-refractivity contribution in [2.75, 3.05) is 30.6 Å². The van der Waals surface area contributed by atoms with Gasteiger partial charge in [0, 0.05) is 31.6 Å². The van der Waals surface area contributed by atoms with E-state index in [1.165, 1.54) is 39.9 Å². The van der Waals surface area contributed by atoms with Gasteiger partial charge in [-0.05, 0) is 55.1 Å². The molecule has 0 bridgehead atoms. The largest absolute Gasteiger partial charge is 0.379 e. The summed E-state index contributed by atoms with van der Waals surface area (Å²) in [6, 6.07) is 7.60. The number of aryl methyl sites for hydroxylation is 2. The summed E-state index contributed by atoms with van der Waals surface area (Å²) in [5.74, 6) is -0.413. The van der Waals surface area contributed by atoms with Crippen molar-refractivity contribution < 1.29 is 17.5 Å². The molecule has 0 radical (unpaired) electrons. The van der Waals surface area contributed by atoms with Crippen molar-refractivity contribution >= 4 is 27.0 Å². The van der Waals surface area contributed by atoms with Gasteiger partial charge in [0.25, 0.3) is 10.0 Å².